The molecule has 0 atom stereocenters. The molecule has 0 saturated carbocycles. The molecule has 8 nitrogen and oxygen atoms in total. The largest absolute Gasteiger partial charge is 0.389 e. The minimum Gasteiger partial charge on any atom is -0.389 e. The van der Waals surface area contributed by atoms with Gasteiger partial charge in [0.25, 0.3) is 5.56 Å². The molecule has 4 N–H and O–H groups in total. The summed E-state index contributed by atoms with van der Waals surface area (Å²) in [5, 5.41) is 9.94. The van der Waals surface area contributed by atoms with Crippen molar-refractivity contribution in [1.82, 2.24) is 9.55 Å². The number of methoxy groups -OCH3 is 1. The molecule has 8 heteroatoms. The summed E-state index contributed by atoms with van der Waals surface area (Å²) >= 11 is 0. The number of hydrogen-bond acceptors (Lipinski definition) is 6. The van der Waals surface area contributed by atoms with Crippen LogP contribution in [0.1, 0.15) is 20.8 Å². The minimum atomic E-state index is -0.998. The molecule has 21 heavy (non-hydrogen) atoms. The molecule has 0 spiro atoms. The van der Waals surface area contributed by atoms with Crippen LogP contribution in [-0.2, 0) is 11.3 Å². The predicted molar refractivity (Wildman–Crippen MR) is 81.8 cm³/mol. The Bertz CT molecular complexity index is 585. The highest BCUT2D eigenvalue weighted by atomic mass is 16.5. The van der Waals surface area contributed by atoms with Crippen LogP contribution in [0.2, 0.25) is 0 Å². The SMILES string of the molecule is CCN(CC(C)(C)O)c1c(N)n(CCOC)c(=O)[nH]c1=O. The molecule has 0 unspecified atom stereocenters. The van der Waals surface area contributed by atoms with Crippen LogP contribution in [0.3, 0.4) is 0 Å². The minimum absolute atomic E-state index is 0.0758. The fraction of sp³-hybridized carbons (Fsp3) is 0.692. The van der Waals surface area contributed by atoms with E-state index in [-0.39, 0.29) is 24.6 Å². The van der Waals surface area contributed by atoms with Crippen molar-refractivity contribution >= 4 is 11.5 Å². The molecule has 0 saturated heterocycles. The van der Waals surface area contributed by atoms with E-state index in [0.717, 1.165) is 0 Å². The molecule has 0 radical (unpaired) electrons. The van der Waals surface area contributed by atoms with E-state index < -0.39 is 16.9 Å². The van der Waals surface area contributed by atoms with Crippen molar-refractivity contribution in [3.8, 4) is 0 Å². The van der Waals surface area contributed by atoms with Gasteiger partial charge in [0.1, 0.15) is 11.5 Å². The van der Waals surface area contributed by atoms with Crippen LogP contribution < -0.4 is 21.9 Å². The van der Waals surface area contributed by atoms with Crippen molar-refractivity contribution < 1.29 is 9.84 Å². The first kappa shape index (κ1) is 17.3. The van der Waals surface area contributed by atoms with Crippen LogP contribution in [0.15, 0.2) is 9.59 Å². The number of likely N-dealkylation sites (N-methyl/N-ethyl adjacent to an activating group) is 1. The summed E-state index contributed by atoms with van der Waals surface area (Å²) in [6, 6.07) is 0. The van der Waals surface area contributed by atoms with E-state index in [9.17, 15) is 14.7 Å². The molecular formula is C13H24N4O4. The van der Waals surface area contributed by atoms with Gasteiger partial charge in [0.05, 0.1) is 18.8 Å². The standard InChI is InChI=1S/C13H24N4O4/c1-5-16(8-13(2,3)20)9-10(14)17(6-7-21-4)12(19)15-11(9)18/h20H,5-8,14H2,1-4H3,(H,15,18,19). The monoisotopic (exact) mass is 300 g/mol. The first-order valence-electron chi connectivity index (χ1n) is 6.80. The molecule has 0 aliphatic rings. The predicted octanol–water partition coefficient (Wildman–Crippen LogP) is -0.638. The summed E-state index contributed by atoms with van der Waals surface area (Å²) < 4.78 is 6.19. The lowest BCUT2D eigenvalue weighted by atomic mass is 10.1. The van der Waals surface area contributed by atoms with E-state index in [1.165, 1.54) is 11.7 Å². The number of anilines is 2. The fourth-order valence-corrected chi connectivity index (χ4v) is 2.10. The second-order valence-corrected chi connectivity index (χ2v) is 5.46. The maximum absolute atomic E-state index is 12.1. The first-order chi connectivity index (χ1) is 9.71. The summed E-state index contributed by atoms with van der Waals surface area (Å²) in [5.41, 5.74) is 4.05. The van der Waals surface area contributed by atoms with Gasteiger partial charge < -0.3 is 20.5 Å². The highest BCUT2D eigenvalue weighted by Gasteiger charge is 2.23. The third-order valence-electron chi connectivity index (χ3n) is 3.01. The van der Waals surface area contributed by atoms with Gasteiger partial charge in [-0.15, -0.1) is 0 Å². The lowest BCUT2D eigenvalue weighted by Crippen LogP contribution is -2.44. The summed E-state index contributed by atoms with van der Waals surface area (Å²) in [7, 11) is 1.51. The average molecular weight is 300 g/mol. The zero-order valence-corrected chi connectivity index (χ0v) is 13.0. The zero-order chi connectivity index (χ0) is 16.2. The number of aliphatic hydroxyl groups is 1. The molecule has 120 valence electrons. The van der Waals surface area contributed by atoms with Gasteiger partial charge in [-0.1, -0.05) is 0 Å². The number of aromatic amines is 1. The van der Waals surface area contributed by atoms with Gasteiger partial charge in [-0.25, -0.2) is 4.79 Å². The van der Waals surface area contributed by atoms with Crippen LogP contribution >= 0.6 is 0 Å². The summed E-state index contributed by atoms with van der Waals surface area (Å²) in [6.45, 7) is 6.36. The summed E-state index contributed by atoms with van der Waals surface area (Å²) in [5.74, 6) is 0.0758. The van der Waals surface area contributed by atoms with E-state index in [1.807, 2.05) is 6.92 Å². The Hall–Kier alpha value is -1.80. The van der Waals surface area contributed by atoms with E-state index in [0.29, 0.717) is 13.2 Å². The Morgan fingerprint density at radius 1 is 1.43 bits per heavy atom. The van der Waals surface area contributed by atoms with Gasteiger partial charge in [-0.2, -0.15) is 0 Å². The average Bonchev–Trinajstić information content (AvgIpc) is 2.35. The topological polar surface area (TPSA) is 114 Å². The Labute approximate surface area is 123 Å². The van der Waals surface area contributed by atoms with Crippen LogP contribution in [0, 0.1) is 0 Å². The third kappa shape index (κ3) is 4.33. The lowest BCUT2D eigenvalue weighted by molar-refractivity contribution is 0.0875. The highest BCUT2D eigenvalue weighted by Crippen LogP contribution is 2.18. The number of H-pyrrole nitrogens is 1. The molecule has 1 rings (SSSR count). The van der Waals surface area contributed by atoms with Gasteiger partial charge in [-0.05, 0) is 20.8 Å². The van der Waals surface area contributed by atoms with E-state index >= 15 is 0 Å². The number of hydrogen-bond donors (Lipinski definition) is 3. The molecule has 1 heterocycles. The molecule has 0 fully saturated rings. The number of rotatable bonds is 7. The van der Waals surface area contributed by atoms with Gasteiger partial charge in [-0.3, -0.25) is 14.3 Å². The number of ether oxygens (including phenoxy) is 1. The van der Waals surface area contributed by atoms with Crippen molar-refractivity contribution in [2.24, 2.45) is 0 Å². The second-order valence-electron chi connectivity index (χ2n) is 5.46. The number of nitrogens with two attached hydrogens (primary N) is 1. The Morgan fingerprint density at radius 2 is 2.05 bits per heavy atom. The third-order valence-corrected chi connectivity index (χ3v) is 3.01. The van der Waals surface area contributed by atoms with Crippen LogP contribution in [0.5, 0.6) is 0 Å². The second kappa shape index (κ2) is 6.77. The maximum Gasteiger partial charge on any atom is 0.330 e. The normalized spacial score (nSPS) is 11.7. The van der Waals surface area contributed by atoms with Gasteiger partial charge in [0, 0.05) is 20.2 Å². The molecular weight excluding hydrogens is 276 g/mol. The highest BCUT2D eigenvalue weighted by molar-refractivity contribution is 5.62. The van der Waals surface area contributed by atoms with Gasteiger partial charge in [0.15, 0.2) is 0 Å². The lowest BCUT2D eigenvalue weighted by Gasteiger charge is -2.30. The van der Waals surface area contributed by atoms with E-state index in [1.54, 1.807) is 18.7 Å². The number of nitrogens with zero attached hydrogens (tertiary/aromatic N) is 2. The molecule has 1 aromatic rings. The van der Waals surface area contributed by atoms with Crippen molar-refractivity contribution in [1.29, 1.82) is 0 Å². The van der Waals surface area contributed by atoms with Crippen LogP contribution in [-0.4, -0.2) is 47.1 Å². The molecule has 1 aromatic heterocycles. The van der Waals surface area contributed by atoms with Crippen LogP contribution in [0.4, 0.5) is 11.5 Å². The number of nitrogens with one attached hydrogen (secondary N) is 1. The molecule has 0 amide bonds. The molecule has 0 bridgehead atoms. The van der Waals surface area contributed by atoms with Gasteiger partial charge >= 0.3 is 5.69 Å². The molecule has 0 aliphatic heterocycles. The Morgan fingerprint density at radius 3 is 2.52 bits per heavy atom. The Kier molecular flexibility index (Phi) is 5.56. The Balaban J connectivity index is 3.34. The van der Waals surface area contributed by atoms with Gasteiger partial charge in [0.2, 0.25) is 0 Å². The fourth-order valence-electron chi connectivity index (χ4n) is 2.10. The maximum atomic E-state index is 12.1. The van der Waals surface area contributed by atoms with Crippen LogP contribution in [0.25, 0.3) is 0 Å². The summed E-state index contributed by atoms with van der Waals surface area (Å²) in [4.78, 5) is 27.8. The smallest absolute Gasteiger partial charge is 0.330 e. The quantitative estimate of drug-likeness (QED) is 0.617. The zero-order valence-electron chi connectivity index (χ0n) is 13.0. The van der Waals surface area contributed by atoms with E-state index in [4.69, 9.17) is 10.5 Å². The first-order valence-corrected chi connectivity index (χ1v) is 6.80. The van der Waals surface area contributed by atoms with E-state index in [2.05, 4.69) is 4.98 Å². The number of aromatic nitrogens is 2. The number of nitrogen functional groups attached to an aromatic ring is 1. The summed E-state index contributed by atoms with van der Waals surface area (Å²) in [6.07, 6.45) is 0. The molecule has 0 aliphatic carbocycles. The van der Waals surface area contributed by atoms with Crippen molar-refractivity contribution in [2.45, 2.75) is 32.9 Å². The van der Waals surface area contributed by atoms with Crippen molar-refractivity contribution in [3.63, 3.8) is 0 Å². The molecule has 0 aromatic carbocycles. The van der Waals surface area contributed by atoms with Crippen molar-refractivity contribution in [3.05, 3.63) is 20.8 Å². The van der Waals surface area contributed by atoms with Crippen molar-refractivity contribution in [2.75, 3.05) is 37.4 Å².